The number of nitrogens with zero attached hydrogens (tertiary/aromatic N) is 4. The quantitative estimate of drug-likeness (QED) is 0.746. The number of nitriles is 2. The van der Waals surface area contributed by atoms with Crippen LogP contribution < -0.4 is 10.1 Å². The Labute approximate surface area is 171 Å². The second-order valence-corrected chi connectivity index (χ2v) is 7.96. The summed E-state index contributed by atoms with van der Waals surface area (Å²) in [6, 6.07) is 9.77. The predicted octanol–water partition coefficient (Wildman–Crippen LogP) is 2.83. The number of rotatable bonds is 7. The van der Waals surface area contributed by atoms with Crippen LogP contribution >= 0.6 is 0 Å². The molecule has 0 unspecified atom stereocenters. The summed E-state index contributed by atoms with van der Waals surface area (Å²) in [4.78, 5) is 8.80. The second kappa shape index (κ2) is 8.46. The molecule has 7 heteroatoms. The Hall–Kier alpha value is -3.16. The molecule has 2 aromatic rings. The van der Waals surface area contributed by atoms with Gasteiger partial charge in [0.05, 0.1) is 36.2 Å². The van der Waals surface area contributed by atoms with Gasteiger partial charge in [0.1, 0.15) is 17.9 Å². The Bertz CT molecular complexity index is 974. The number of aliphatic hydroxyl groups excluding tert-OH is 1. The smallest absolute Gasteiger partial charge is 0.222 e. The van der Waals surface area contributed by atoms with Gasteiger partial charge in [-0.15, -0.1) is 0 Å². The zero-order chi connectivity index (χ0) is 21.0. The maximum absolute atomic E-state index is 9.96. The SMILES string of the molecule is COc1cc(CCNc2ncc(C#N)c(C[C@@H]3C[C@H](O)C3(C)C)n2)ccc1C#N. The van der Waals surface area contributed by atoms with E-state index >= 15 is 0 Å². The fourth-order valence-corrected chi connectivity index (χ4v) is 3.62. The lowest BCUT2D eigenvalue weighted by Gasteiger charge is -2.49. The van der Waals surface area contributed by atoms with Gasteiger partial charge in [-0.25, -0.2) is 9.97 Å². The molecular weight excluding hydrogens is 366 g/mol. The lowest BCUT2D eigenvalue weighted by molar-refractivity contribution is -0.0978. The highest BCUT2D eigenvalue weighted by Gasteiger charge is 2.47. The lowest BCUT2D eigenvalue weighted by atomic mass is 9.58. The Morgan fingerprint density at radius 1 is 1.28 bits per heavy atom. The maximum Gasteiger partial charge on any atom is 0.222 e. The van der Waals surface area contributed by atoms with Crippen molar-refractivity contribution in [2.75, 3.05) is 19.0 Å². The molecule has 0 saturated heterocycles. The number of aliphatic hydroxyl groups is 1. The van der Waals surface area contributed by atoms with Crippen LogP contribution in [0.15, 0.2) is 24.4 Å². The van der Waals surface area contributed by atoms with Gasteiger partial charge in [-0.1, -0.05) is 19.9 Å². The highest BCUT2D eigenvalue weighted by molar-refractivity contribution is 5.45. The molecule has 2 N–H and O–H groups in total. The minimum absolute atomic E-state index is 0.167. The summed E-state index contributed by atoms with van der Waals surface area (Å²) in [6.45, 7) is 4.70. The third kappa shape index (κ3) is 4.31. The molecule has 1 heterocycles. The van der Waals surface area contributed by atoms with Crippen LogP contribution in [0.5, 0.6) is 5.75 Å². The standard InChI is InChI=1S/C22H25N5O2/c1-22(2)17(10-20(22)28)9-18-16(12-24)13-26-21(27-18)25-7-6-14-4-5-15(11-23)19(8-14)29-3/h4-5,8,13,17,20,28H,6-7,9-10H2,1-3H3,(H,25,26,27)/t17-,20+/m1/s1. The molecular formula is C22H25N5O2. The molecule has 29 heavy (non-hydrogen) atoms. The molecule has 0 spiro atoms. The van der Waals surface area contributed by atoms with Crippen LogP contribution in [0.4, 0.5) is 5.95 Å². The summed E-state index contributed by atoms with van der Waals surface area (Å²) in [5.74, 6) is 1.34. The molecule has 0 radical (unpaired) electrons. The van der Waals surface area contributed by atoms with Gasteiger partial charge < -0.3 is 15.2 Å². The largest absolute Gasteiger partial charge is 0.495 e. The molecule has 0 aliphatic heterocycles. The van der Waals surface area contributed by atoms with Crippen molar-refractivity contribution in [3.8, 4) is 17.9 Å². The number of hydrogen-bond donors (Lipinski definition) is 2. The first-order valence-corrected chi connectivity index (χ1v) is 9.64. The molecule has 1 aliphatic rings. The van der Waals surface area contributed by atoms with E-state index in [2.05, 4.69) is 27.4 Å². The second-order valence-electron chi connectivity index (χ2n) is 7.96. The Kier molecular flexibility index (Phi) is 6.00. The van der Waals surface area contributed by atoms with E-state index < -0.39 is 0 Å². The fraction of sp³-hybridized carbons (Fsp3) is 0.455. The van der Waals surface area contributed by atoms with Crippen molar-refractivity contribution in [2.45, 2.75) is 39.2 Å². The summed E-state index contributed by atoms with van der Waals surface area (Å²) >= 11 is 0. The van der Waals surface area contributed by atoms with Gasteiger partial charge in [-0.3, -0.25) is 0 Å². The number of aromatic nitrogens is 2. The third-order valence-electron chi connectivity index (χ3n) is 5.93. The van der Waals surface area contributed by atoms with Crippen molar-refractivity contribution in [3.05, 3.63) is 46.8 Å². The predicted molar refractivity (Wildman–Crippen MR) is 108 cm³/mol. The zero-order valence-corrected chi connectivity index (χ0v) is 16.9. The number of hydrogen-bond acceptors (Lipinski definition) is 7. The van der Waals surface area contributed by atoms with Gasteiger partial charge >= 0.3 is 0 Å². The normalized spacial score (nSPS) is 19.5. The van der Waals surface area contributed by atoms with Crippen LogP contribution in [0, 0.1) is 34.0 Å². The van der Waals surface area contributed by atoms with Crippen molar-refractivity contribution in [1.29, 1.82) is 10.5 Å². The summed E-state index contributed by atoms with van der Waals surface area (Å²) < 4.78 is 5.24. The summed E-state index contributed by atoms with van der Waals surface area (Å²) in [5.41, 5.74) is 2.57. The van der Waals surface area contributed by atoms with Crippen LogP contribution in [0.25, 0.3) is 0 Å². The minimum atomic E-state index is -0.304. The first-order valence-electron chi connectivity index (χ1n) is 9.64. The van der Waals surface area contributed by atoms with E-state index in [9.17, 15) is 10.4 Å². The monoisotopic (exact) mass is 391 g/mol. The van der Waals surface area contributed by atoms with Gasteiger partial charge in [0, 0.05) is 6.54 Å². The molecule has 1 aliphatic carbocycles. The first-order chi connectivity index (χ1) is 13.9. The maximum atomic E-state index is 9.96. The Morgan fingerprint density at radius 3 is 2.66 bits per heavy atom. The van der Waals surface area contributed by atoms with E-state index in [1.165, 1.54) is 0 Å². The highest BCUT2D eigenvalue weighted by atomic mass is 16.5. The summed E-state index contributed by atoms with van der Waals surface area (Å²) in [5, 5.41) is 31.6. The molecule has 0 amide bonds. The van der Waals surface area contributed by atoms with Crippen LogP contribution in [-0.4, -0.2) is 34.8 Å². The average Bonchev–Trinajstić information content (AvgIpc) is 2.73. The van der Waals surface area contributed by atoms with Crippen LogP contribution in [0.2, 0.25) is 0 Å². The molecule has 1 aromatic carbocycles. The minimum Gasteiger partial charge on any atom is -0.495 e. The van der Waals surface area contributed by atoms with Crippen molar-refractivity contribution < 1.29 is 9.84 Å². The first kappa shape index (κ1) is 20.6. The molecule has 2 atom stereocenters. The van der Waals surface area contributed by atoms with Crippen molar-refractivity contribution >= 4 is 5.95 Å². The molecule has 150 valence electrons. The average molecular weight is 391 g/mol. The summed E-state index contributed by atoms with van der Waals surface area (Å²) in [6.07, 6.45) is 3.34. The van der Waals surface area contributed by atoms with E-state index in [1.54, 1.807) is 19.4 Å². The molecule has 1 aromatic heterocycles. The van der Waals surface area contributed by atoms with Crippen LogP contribution in [0.3, 0.4) is 0 Å². The van der Waals surface area contributed by atoms with Gasteiger partial charge in [0.15, 0.2) is 0 Å². The van der Waals surface area contributed by atoms with Crippen LogP contribution in [-0.2, 0) is 12.8 Å². The zero-order valence-electron chi connectivity index (χ0n) is 16.9. The molecule has 7 nitrogen and oxygen atoms in total. The van der Waals surface area contributed by atoms with Crippen molar-refractivity contribution in [3.63, 3.8) is 0 Å². The van der Waals surface area contributed by atoms with Gasteiger partial charge in [0.2, 0.25) is 5.95 Å². The van der Waals surface area contributed by atoms with E-state index in [4.69, 9.17) is 10.00 Å². The van der Waals surface area contributed by atoms with Crippen LogP contribution in [0.1, 0.15) is 42.7 Å². The van der Waals surface area contributed by atoms with E-state index in [-0.39, 0.29) is 11.5 Å². The molecule has 1 saturated carbocycles. The van der Waals surface area contributed by atoms with E-state index in [0.29, 0.717) is 48.1 Å². The molecule has 0 bridgehead atoms. The van der Waals surface area contributed by atoms with Crippen molar-refractivity contribution in [2.24, 2.45) is 11.3 Å². The number of anilines is 1. The highest BCUT2D eigenvalue weighted by Crippen LogP contribution is 2.47. The van der Waals surface area contributed by atoms with Crippen molar-refractivity contribution in [1.82, 2.24) is 9.97 Å². The van der Waals surface area contributed by atoms with Gasteiger partial charge in [0.25, 0.3) is 0 Å². The van der Waals surface area contributed by atoms with E-state index in [0.717, 1.165) is 17.7 Å². The topological polar surface area (TPSA) is 115 Å². The summed E-state index contributed by atoms with van der Waals surface area (Å²) in [7, 11) is 1.55. The van der Waals surface area contributed by atoms with Gasteiger partial charge in [-0.05, 0) is 48.3 Å². The Morgan fingerprint density at radius 2 is 2.03 bits per heavy atom. The number of ether oxygens (including phenoxy) is 1. The lowest BCUT2D eigenvalue weighted by Crippen LogP contribution is -2.50. The Balaban J connectivity index is 1.65. The third-order valence-corrected chi connectivity index (χ3v) is 5.93. The van der Waals surface area contributed by atoms with E-state index in [1.807, 2.05) is 26.0 Å². The number of benzene rings is 1. The molecule has 3 rings (SSSR count). The fourth-order valence-electron chi connectivity index (χ4n) is 3.62. The molecule has 1 fully saturated rings. The number of methoxy groups -OCH3 is 1. The van der Waals surface area contributed by atoms with Gasteiger partial charge in [-0.2, -0.15) is 10.5 Å². The number of nitrogens with one attached hydrogen (secondary N) is 1.